The van der Waals surface area contributed by atoms with Crippen LogP contribution in [0, 0.1) is 3.57 Å². The number of methoxy groups -OCH3 is 1. The summed E-state index contributed by atoms with van der Waals surface area (Å²) in [7, 11) is 0.893. The van der Waals surface area contributed by atoms with Crippen molar-refractivity contribution in [3.8, 4) is 5.75 Å². The van der Waals surface area contributed by atoms with Gasteiger partial charge in [0.2, 0.25) is 0 Å². The van der Waals surface area contributed by atoms with Gasteiger partial charge in [0.05, 0.1) is 10.7 Å². The SMILES string of the molecule is COC(=O)c1cc(I)c(OC(F)(F)F)c(C(F)(F)F)n1. The fraction of sp³-hybridized carbons (Fsp3) is 0.333. The van der Waals surface area contributed by atoms with Crippen molar-refractivity contribution in [2.24, 2.45) is 0 Å². The molecule has 1 heterocycles. The zero-order valence-electron chi connectivity index (χ0n) is 9.40. The molecule has 0 spiro atoms. The minimum Gasteiger partial charge on any atom is -0.464 e. The van der Waals surface area contributed by atoms with Crippen LogP contribution >= 0.6 is 22.6 Å². The molecule has 20 heavy (non-hydrogen) atoms. The maximum atomic E-state index is 12.7. The van der Waals surface area contributed by atoms with E-state index in [1.165, 1.54) is 22.6 Å². The number of carbonyl (C=O) groups is 1. The Morgan fingerprint density at radius 2 is 1.80 bits per heavy atom. The normalized spacial score (nSPS) is 12.2. The highest BCUT2D eigenvalue weighted by Crippen LogP contribution is 2.40. The first-order valence-corrected chi connectivity index (χ1v) is 5.65. The third-order valence-electron chi connectivity index (χ3n) is 1.81. The second-order valence-electron chi connectivity index (χ2n) is 3.20. The first-order chi connectivity index (χ1) is 8.95. The highest BCUT2D eigenvalue weighted by atomic mass is 127. The van der Waals surface area contributed by atoms with Crippen LogP contribution in [-0.4, -0.2) is 24.4 Å². The third kappa shape index (κ3) is 4.11. The summed E-state index contributed by atoms with van der Waals surface area (Å²) in [6.07, 6.45) is -10.6. The molecule has 0 aromatic carbocycles. The second-order valence-corrected chi connectivity index (χ2v) is 4.37. The van der Waals surface area contributed by atoms with E-state index in [4.69, 9.17) is 0 Å². The van der Waals surface area contributed by atoms with Crippen LogP contribution in [0.3, 0.4) is 0 Å². The molecule has 4 nitrogen and oxygen atoms in total. The van der Waals surface area contributed by atoms with Gasteiger partial charge >= 0.3 is 18.5 Å². The maximum absolute atomic E-state index is 12.7. The summed E-state index contributed by atoms with van der Waals surface area (Å²) in [5, 5.41) is 0. The summed E-state index contributed by atoms with van der Waals surface area (Å²) in [6, 6.07) is 0.697. The Balaban J connectivity index is 3.47. The van der Waals surface area contributed by atoms with E-state index in [-0.39, 0.29) is 0 Å². The van der Waals surface area contributed by atoms with Crippen LogP contribution in [-0.2, 0) is 10.9 Å². The zero-order valence-corrected chi connectivity index (χ0v) is 11.6. The van der Waals surface area contributed by atoms with Gasteiger partial charge in [-0.1, -0.05) is 0 Å². The van der Waals surface area contributed by atoms with Crippen LogP contribution in [0.15, 0.2) is 6.07 Å². The topological polar surface area (TPSA) is 48.4 Å². The molecule has 0 unspecified atom stereocenters. The van der Waals surface area contributed by atoms with Gasteiger partial charge in [-0.2, -0.15) is 13.2 Å². The molecule has 0 aliphatic rings. The van der Waals surface area contributed by atoms with Gasteiger partial charge in [-0.05, 0) is 28.7 Å². The number of hydrogen-bond donors (Lipinski definition) is 0. The van der Waals surface area contributed by atoms with E-state index in [0.717, 1.165) is 7.11 Å². The van der Waals surface area contributed by atoms with E-state index in [0.29, 0.717) is 6.07 Å². The molecule has 0 aliphatic heterocycles. The molecular formula is C9H4F6INO3. The molecule has 0 fully saturated rings. The monoisotopic (exact) mass is 415 g/mol. The molecular weight excluding hydrogens is 411 g/mol. The van der Waals surface area contributed by atoms with Crippen LogP contribution in [0.25, 0.3) is 0 Å². The van der Waals surface area contributed by atoms with Crippen LogP contribution in [0.1, 0.15) is 16.2 Å². The highest BCUT2D eigenvalue weighted by molar-refractivity contribution is 14.1. The zero-order chi connectivity index (χ0) is 15.7. The molecule has 11 heteroatoms. The van der Waals surface area contributed by atoms with E-state index >= 15 is 0 Å². The Kier molecular flexibility index (Phi) is 4.71. The molecule has 1 rings (SSSR count). The van der Waals surface area contributed by atoms with Crippen LogP contribution in [0.5, 0.6) is 5.75 Å². The van der Waals surface area contributed by atoms with Crippen molar-refractivity contribution in [3.63, 3.8) is 0 Å². The van der Waals surface area contributed by atoms with Gasteiger partial charge < -0.3 is 9.47 Å². The van der Waals surface area contributed by atoms with Crippen molar-refractivity contribution >= 4 is 28.6 Å². The number of nitrogens with zero attached hydrogens (tertiary/aromatic N) is 1. The minimum atomic E-state index is -5.33. The van der Waals surface area contributed by atoms with E-state index in [2.05, 4.69) is 14.5 Å². The minimum absolute atomic E-state index is 0.581. The number of hydrogen-bond acceptors (Lipinski definition) is 4. The molecule has 0 N–H and O–H groups in total. The number of alkyl halides is 6. The Bertz CT molecular complexity index is 528. The van der Waals surface area contributed by atoms with Crippen LogP contribution < -0.4 is 4.74 Å². The van der Waals surface area contributed by atoms with Crippen LogP contribution in [0.4, 0.5) is 26.3 Å². The van der Waals surface area contributed by atoms with Crippen molar-refractivity contribution in [2.75, 3.05) is 7.11 Å². The fourth-order valence-electron chi connectivity index (χ4n) is 1.12. The average Bonchev–Trinajstić information content (AvgIpc) is 2.27. The smallest absolute Gasteiger partial charge is 0.464 e. The van der Waals surface area contributed by atoms with Crippen molar-refractivity contribution in [1.82, 2.24) is 4.98 Å². The quantitative estimate of drug-likeness (QED) is 0.423. The molecule has 0 amide bonds. The number of rotatable bonds is 2. The lowest BCUT2D eigenvalue weighted by molar-refractivity contribution is -0.276. The summed E-state index contributed by atoms with van der Waals surface area (Å²) in [6.45, 7) is 0. The number of pyridine rings is 1. The molecule has 0 aliphatic carbocycles. The van der Waals surface area contributed by atoms with Crippen LogP contribution in [0.2, 0.25) is 0 Å². The summed E-state index contributed by atoms with van der Waals surface area (Å²) in [4.78, 5) is 14.0. The standard InChI is InChI=1S/C9H4F6INO3/c1-19-7(18)4-2-3(16)5(20-9(13,14)15)6(17-4)8(10,11)12/h2H,1H3. The van der Waals surface area contributed by atoms with Gasteiger partial charge in [-0.3, -0.25) is 0 Å². The van der Waals surface area contributed by atoms with Gasteiger partial charge in [0.15, 0.2) is 11.4 Å². The third-order valence-corrected chi connectivity index (χ3v) is 2.61. The van der Waals surface area contributed by atoms with Crippen molar-refractivity contribution in [1.29, 1.82) is 0 Å². The number of halogens is 7. The number of carbonyl (C=O) groups excluding carboxylic acids is 1. The van der Waals surface area contributed by atoms with Crippen molar-refractivity contribution in [2.45, 2.75) is 12.5 Å². The molecule has 0 atom stereocenters. The molecule has 0 saturated carbocycles. The van der Waals surface area contributed by atoms with Gasteiger partial charge in [-0.25, -0.2) is 9.78 Å². The number of ether oxygens (including phenoxy) is 2. The lowest BCUT2D eigenvalue weighted by Crippen LogP contribution is -2.23. The van der Waals surface area contributed by atoms with Crippen molar-refractivity contribution < 1.29 is 40.6 Å². The first kappa shape index (κ1) is 16.8. The first-order valence-electron chi connectivity index (χ1n) is 4.57. The maximum Gasteiger partial charge on any atom is 0.573 e. The molecule has 0 bridgehead atoms. The van der Waals surface area contributed by atoms with Gasteiger partial charge in [0, 0.05) is 0 Å². The highest BCUT2D eigenvalue weighted by Gasteiger charge is 2.42. The second kappa shape index (κ2) is 5.61. The largest absolute Gasteiger partial charge is 0.573 e. The predicted octanol–water partition coefficient (Wildman–Crippen LogP) is 3.39. The van der Waals surface area contributed by atoms with Gasteiger partial charge in [0.1, 0.15) is 5.69 Å². The molecule has 0 saturated heterocycles. The molecule has 1 aromatic rings. The lowest BCUT2D eigenvalue weighted by Gasteiger charge is -2.16. The van der Waals surface area contributed by atoms with E-state index < -0.39 is 39.2 Å². The Morgan fingerprint density at radius 1 is 1.25 bits per heavy atom. The predicted molar refractivity (Wildman–Crippen MR) is 60.0 cm³/mol. The lowest BCUT2D eigenvalue weighted by atomic mass is 10.2. The van der Waals surface area contributed by atoms with E-state index in [9.17, 15) is 31.1 Å². The number of aromatic nitrogens is 1. The van der Waals surface area contributed by atoms with E-state index in [1.807, 2.05) is 0 Å². The summed E-state index contributed by atoms with van der Waals surface area (Å²) in [5.74, 6) is -2.73. The van der Waals surface area contributed by atoms with Gasteiger partial charge in [0.25, 0.3) is 0 Å². The average molecular weight is 415 g/mol. The molecule has 112 valence electrons. The molecule has 0 radical (unpaired) electrons. The molecule has 1 aromatic heterocycles. The Labute approximate surface area is 121 Å². The van der Waals surface area contributed by atoms with Gasteiger partial charge in [-0.15, -0.1) is 13.2 Å². The summed E-state index contributed by atoms with van der Waals surface area (Å²) < 4.78 is 81.3. The number of esters is 1. The summed E-state index contributed by atoms with van der Waals surface area (Å²) in [5.41, 5.74) is -2.74. The Hall–Kier alpha value is -1.27. The fourth-order valence-corrected chi connectivity index (χ4v) is 1.78. The Morgan fingerprint density at radius 3 is 2.20 bits per heavy atom. The van der Waals surface area contributed by atoms with Crippen molar-refractivity contribution in [3.05, 3.63) is 21.0 Å². The van der Waals surface area contributed by atoms with E-state index in [1.54, 1.807) is 0 Å². The summed E-state index contributed by atoms with van der Waals surface area (Å²) >= 11 is 1.17.